The van der Waals surface area contributed by atoms with Crippen molar-refractivity contribution in [1.29, 1.82) is 0 Å². The lowest BCUT2D eigenvalue weighted by atomic mass is 10.1. The van der Waals surface area contributed by atoms with E-state index in [9.17, 15) is 4.79 Å². The van der Waals surface area contributed by atoms with Gasteiger partial charge in [0.05, 0.1) is 4.88 Å². The summed E-state index contributed by atoms with van der Waals surface area (Å²) in [6.07, 6.45) is 0.996. The molecule has 0 spiro atoms. The minimum Gasteiger partial charge on any atom is -0.329 e. The Labute approximate surface area is 117 Å². The number of hydrogen-bond donors (Lipinski definition) is 1. The molecule has 0 bridgehead atoms. The van der Waals surface area contributed by atoms with Crippen molar-refractivity contribution in [3.8, 4) is 0 Å². The predicted molar refractivity (Wildman–Crippen MR) is 80.9 cm³/mol. The fourth-order valence-electron chi connectivity index (χ4n) is 1.92. The molecule has 0 radical (unpaired) electrons. The maximum atomic E-state index is 12.4. The number of nitrogens with zero attached hydrogens (tertiary/aromatic N) is 1. The summed E-state index contributed by atoms with van der Waals surface area (Å²) in [5.74, 6) is 0.0182. The number of nitrogens with two attached hydrogens (primary N) is 1. The van der Waals surface area contributed by atoms with E-state index in [0.29, 0.717) is 13.1 Å². The third-order valence-electron chi connectivity index (χ3n) is 2.99. The van der Waals surface area contributed by atoms with Gasteiger partial charge in [-0.05, 0) is 35.6 Å². The molecule has 100 valence electrons. The molecule has 1 amide bonds. The molecule has 2 aromatic rings. The summed E-state index contributed by atoms with van der Waals surface area (Å²) in [6.45, 7) is 3.10. The fraction of sp³-hybridized carbons (Fsp3) is 0.267. The van der Waals surface area contributed by atoms with E-state index in [1.54, 1.807) is 4.90 Å². The van der Waals surface area contributed by atoms with Gasteiger partial charge in [-0.1, -0.05) is 25.1 Å². The molecule has 0 saturated carbocycles. The van der Waals surface area contributed by atoms with E-state index < -0.39 is 0 Å². The summed E-state index contributed by atoms with van der Waals surface area (Å²) in [4.78, 5) is 14.9. The number of carbonyl (C=O) groups is 1. The third kappa shape index (κ3) is 3.22. The Morgan fingerprint density at radius 2 is 2.00 bits per heavy atom. The summed E-state index contributed by atoms with van der Waals surface area (Å²) in [6, 6.07) is 11.8. The van der Waals surface area contributed by atoms with Gasteiger partial charge < -0.3 is 10.6 Å². The Balaban J connectivity index is 2.26. The molecule has 1 aromatic carbocycles. The molecule has 0 saturated heterocycles. The fourth-order valence-corrected chi connectivity index (χ4v) is 2.59. The van der Waals surface area contributed by atoms with E-state index in [4.69, 9.17) is 5.73 Å². The minimum absolute atomic E-state index is 0.0182. The molecule has 4 heteroatoms. The molecule has 2 rings (SSSR count). The Morgan fingerprint density at radius 1 is 1.26 bits per heavy atom. The first kappa shape index (κ1) is 13.8. The van der Waals surface area contributed by atoms with Gasteiger partial charge in [0.2, 0.25) is 0 Å². The zero-order valence-corrected chi connectivity index (χ0v) is 11.8. The highest BCUT2D eigenvalue weighted by atomic mass is 32.1. The van der Waals surface area contributed by atoms with Crippen LogP contribution in [-0.4, -0.2) is 19.0 Å². The molecular formula is C15H18N2OS. The molecule has 0 aliphatic carbocycles. The van der Waals surface area contributed by atoms with Gasteiger partial charge in [0, 0.05) is 18.8 Å². The van der Waals surface area contributed by atoms with E-state index in [1.165, 1.54) is 16.9 Å². The summed E-state index contributed by atoms with van der Waals surface area (Å²) in [5.41, 5.74) is 7.79. The highest BCUT2D eigenvalue weighted by molar-refractivity contribution is 7.12. The molecule has 0 aliphatic rings. The number of amides is 1. The lowest BCUT2D eigenvalue weighted by Gasteiger charge is -2.21. The van der Waals surface area contributed by atoms with Crippen LogP contribution in [0, 0.1) is 0 Å². The molecule has 1 aromatic heterocycles. The van der Waals surface area contributed by atoms with Crippen molar-refractivity contribution in [2.24, 2.45) is 5.73 Å². The van der Waals surface area contributed by atoms with Crippen LogP contribution in [0.3, 0.4) is 0 Å². The van der Waals surface area contributed by atoms with E-state index >= 15 is 0 Å². The van der Waals surface area contributed by atoms with Crippen LogP contribution in [0.2, 0.25) is 0 Å². The summed E-state index contributed by atoms with van der Waals surface area (Å²) in [7, 11) is 0. The van der Waals surface area contributed by atoms with E-state index in [1.807, 2.05) is 29.6 Å². The van der Waals surface area contributed by atoms with Crippen LogP contribution in [0.4, 0.5) is 5.69 Å². The Kier molecular flexibility index (Phi) is 4.71. The number of aryl methyl sites for hydroxylation is 1. The largest absolute Gasteiger partial charge is 0.329 e. The molecule has 0 unspecified atom stereocenters. The van der Waals surface area contributed by atoms with Gasteiger partial charge in [-0.15, -0.1) is 11.3 Å². The average Bonchev–Trinajstić information content (AvgIpc) is 2.98. The molecule has 1 heterocycles. The first-order valence-electron chi connectivity index (χ1n) is 6.40. The smallest absolute Gasteiger partial charge is 0.268 e. The van der Waals surface area contributed by atoms with Crippen molar-refractivity contribution in [3.63, 3.8) is 0 Å². The zero-order chi connectivity index (χ0) is 13.7. The SMILES string of the molecule is CCc1ccc(N(CCN)C(=O)c2cccs2)cc1. The maximum absolute atomic E-state index is 12.4. The Morgan fingerprint density at radius 3 is 2.53 bits per heavy atom. The highest BCUT2D eigenvalue weighted by Crippen LogP contribution is 2.20. The number of thiophene rings is 1. The van der Waals surface area contributed by atoms with E-state index in [-0.39, 0.29) is 5.91 Å². The quantitative estimate of drug-likeness (QED) is 0.911. The summed E-state index contributed by atoms with van der Waals surface area (Å²) < 4.78 is 0. The molecule has 3 nitrogen and oxygen atoms in total. The van der Waals surface area contributed by atoms with Crippen LogP contribution in [0.15, 0.2) is 41.8 Å². The van der Waals surface area contributed by atoms with Crippen LogP contribution in [0.25, 0.3) is 0 Å². The number of benzene rings is 1. The maximum Gasteiger partial charge on any atom is 0.268 e. The first-order chi connectivity index (χ1) is 9.26. The average molecular weight is 274 g/mol. The molecule has 19 heavy (non-hydrogen) atoms. The standard InChI is InChI=1S/C15H18N2OS/c1-2-12-5-7-13(8-6-12)17(10-9-16)15(18)14-4-3-11-19-14/h3-8,11H,2,9-10,16H2,1H3. The van der Waals surface area contributed by atoms with Gasteiger partial charge in [0.25, 0.3) is 5.91 Å². The number of anilines is 1. The molecule has 0 fully saturated rings. The van der Waals surface area contributed by atoms with Crippen LogP contribution >= 0.6 is 11.3 Å². The molecular weight excluding hydrogens is 256 g/mol. The van der Waals surface area contributed by atoms with Crippen molar-refractivity contribution in [2.75, 3.05) is 18.0 Å². The van der Waals surface area contributed by atoms with Crippen molar-refractivity contribution < 1.29 is 4.79 Å². The lowest BCUT2D eigenvalue weighted by molar-refractivity contribution is 0.0991. The van der Waals surface area contributed by atoms with Crippen molar-refractivity contribution in [2.45, 2.75) is 13.3 Å². The van der Waals surface area contributed by atoms with Crippen LogP contribution in [0.1, 0.15) is 22.2 Å². The summed E-state index contributed by atoms with van der Waals surface area (Å²) in [5, 5.41) is 1.91. The van der Waals surface area contributed by atoms with Crippen LogP contribution in [0.5, 0.6) is 0 Å². The molecule has 0 aliphatic heterocycles. The first-order valence-corrected chi connectivity index (χ1v) is 7.28. The van der Waals surface area contributed by atoms with Gasteiger partial charge in [-0.25, -0.2) is 0 Å². The molecule has 2 N–H and O–H groups in total. The third-order valence-corrected chi connectivity index (χ3v) is 3.84. The zero-order valence-electron chi connectivity index (χ0n) is 11.0. The minimum atomic E-state index is 0.0182. The number of carbonyl (C=O) groups excluding carboxylic acids is 1. The predicted octanol–water partition coefficient (Wildman–Crippen LogP) is 2.92. The van der Waals surface area contributed by atoms with Gasteiger partial charge in [-0.3, -0.25) is 4.79 Å². The van der Waals surface area contributed by atoms with Gasteiger partial charge >= 0.3 is 0 Å². The second-order valence-corrected chi connectivity index (χ2v) is 5.19. The van der Waals surface area contributed by atoms with E-state index in [2.05, 4.69) is 19.1 Å². The highest BCUT2D eigenvalue weighted by Gasteiger charge is 2.17. The lowest BCUT2D eigenvalue weighted by Crippen LogP contribution is -2.34. The second-order valence-electron chi connectivity index (χ2n) is 4.24. The number of rotatable bonds is 5. The van der Waals surface area contributed by atoms with Crippen molar-refractivity contribution in [1.82, 2.24) is 0 Å². The second kappa shape index (κ2) is 6.50. The van der Waals surface area contributed by atoms with Crippen LogP contribution in [-0.2, 0) is 6.42 Å². The summed E-state index contributed by atoms with van der Waals surface area (Å²) >= 11 is 1.46. The van der Waals surface area contributed by atoms with Crippen molar-refractivity contribution in [3.05, 3.63) is 52.2 Å². The Hall–Kier alpha value is -1.65. The monoisotopic (exact) mass is 274 g/mol. The van der Waals surface area contributed by atoms with E-state index in [0.717, 1.165) is 17.0 Å². The van der Waals surface area contributed by atoms with Gasteiger partial charge in [0.1, 0.15) is 0 Å². The van der Waals surface area contributed by atoms with Crippen molar-refractivity contribution >= 4 is 22.9 Å². The number of hydrogen-bond acceptors (Lipinski definition) is 3. The van der Waals surface area contributed by atoms with Gasteiger partial charge in [0.15, 0.2) is 0 Å². The van der Waals surface area contributed by atoms with Crippen LogP contribution < -0.4 is 10.6 Å². The topological polar surface area (TPSA) is 46.3 Å². The molecule has 0 atom stereocenters. The van der Waals surface area contributed by atoms with Gasteiger partial charge in [-0.2, -0.15) is 0 Å². The normalized spacial score (nSPS) is 10.4. The Bertz CT molecular complexity index is 520.